The molecule has 0 spiro atoms. The van der Waals surface area contributed by atoms with E-state index in [-0.39, 0.29) is 5.97 Å². The highest BCUT2D eigenvalue weighted by Crippen LogP contribution is 2.32. The maximum absolute atomic E-state index is 11.6. The van der Waals surface area contributed by atoms with Crippen LogP contribution < -0.4 is 4.74 Å². The highest BCUT2D eigenvalue weighted by molar-refractivity contribution is 5.73. The maximum atomic E-state index is 11.6. The molecule has 2 nitrogen and oxygen atoms in total. The third kappa shape index (κ3) is 4.75. The Balaban J connectivity index is 1.68. The second-order valence-electron chi connectivity index (χ2n) is 7.48. The number of carbonyl (C=O) groups excluding carboxylic acids is 1. The molecule has 26 heavy (non-hydrogen) atoms. The molecule has 0 heterocycles. The molecule has 1 aliphatic rings. The van der Waals surface area contributed by atoms with Crippen LogP contribution in [-0.2, 0) is 17.6 Å². The smallest absolute Gasteiger partial charge is 0.311 e. The zero-order chi connectivity index (χ0) is 18.4. The summed E-state index contributed by atoms with van der Waals surface area (Å²) in [6, 6.07) is 14.8. The van der Waals surface area contributed by atoms with Crippen LogP contribution in [0.25, 0.3) is 11.1 Å². The van der Waals surface area contributed by atoms with Crippen LogP contribution in [-0.4, -0.2) is 5.97 Å². The van der Waals surface area contributed by atoms with E-state index in [1.165, 1.54) is 60.8 Å². The molecule has 2 aromatic rings. The molecule has 0 amide bonds. The number of rotatable bonds is 7. The number of esters is 1. The van der Waals surface area contributed by atoms with Crippen molar-refractivity contribution in [3.05, 3.63) is 53.6 Å². The molecule has 2 aromatic carbocycles. The van der Waals surface area contributed by atoms with E-state index in [1.807, 2.05) is 31.2 Å². The summed E-state index contributed by atoms with van der Waals surface area (Å²) in [6.45, 7) is 4.26. The van der Waals surface area contributed by atoms with Gasteiger partial charge in [-0.25, -0.2) is 0 Å². The summed E-state index contributed by atoms with van der Waals surface area (Å²) in [5, 5.41) is 0. The van der Waals surface area contributed by atoms with Gasteiger partial charge < -0.3 is 4.74 Å². The first-order chi connectivity index (χ1) is 12.7. The van der Waals surface area contributed by atoms with E-state index in [2.05, 4.69) is 25.1 Å². The van der Waals surface area contributed by atoms with Crippen molar-refractivity contribution in [2.45, 2.75) is 65.2 Å². The first-order valence-electron chi connectivity index (χ1n) is 10.1. The van der Waals surface area contributed by atoms with Gasteiger partial charge in [0.2, 0.25) is 0 Å². The predicted octanol–water partition coefficient (Wildman–Crippen LogP) is 6.35. The van der Waals surface area contributed by atoms with E-state index >= 15 is 0 Å². The molecular formula is C24H30O2. The minimum Gasteiger partial charge on any atom is -0.427 e. The lowest BCUT2D eigenvalue weighted by Gasteiger charge is -2.25. The Kier molecular flexibility index (Phi) is 6.49. The van der Waals surface area contributed by atoms with Gasteiger partial charge in [-0.1, -0.05) is 63.4 Å². The summed E-state index contributed by atoms with van der Waals surface area (Å²) < 4.78 is 5.34. The zero-order valence-electron chi connectivity index (χ0n) is 16.1. The number of benzene rings is 2. The highest BCUT2D eigenvalue weighted by Gasteiger charge is 2.18. The predicted molar refractivity (Wildman–Crippen MR) is 107 cm³/mol. The molecule has 1 aliphatic carbocycles. The molecule has 0 bridgehead atoms. The first-order valence-corrected chi connectivity index (χ1v) is 10.1. The number of fused-ring (bicyclic) bond motifs is 1. The van der Waals surface area contributed by atoms with Crippen molar-refractivity contribution >= 4 is 5.97 Å². The summed E-state index contributed by atoms with van der Waals surface area (Å²) in [5.74, 6) is 1.33. The molecule has 138 valence electrons. The fourth-order valence-electron chi connectivity index (χ4n) is 3.85. The topological polar surface area (TPSA) is 26.3 Å². The van der Waals surface area contributed by atoms with E-state index in [0.717, 1.165) is 12.3 Å². The van der Waals surface area contributed by atoms with Gasteiger partial charge in [0.05, 0.1) is 0 Å². The number of unbranched alkanes of at least 4 members (excludes halogenated alkanes) is 1. The van der Waals surface area contributed by atoms with Gasteiger partial charge in [0.1, 0.15) is 5.75 Å². The van der Waals surface area contributed by atoms with Gasteiger partial charge in [-0.2, -0.15) is 0 Å². The number of carbonyl (C=O) groups is 1. The Bertz CT molecular complexity index is 730. The number of aryl methyl sites for hydroxylation is 1. The fraction of sp³-hybridized carbons (Fsp3) is 0.458. The molecule has 0 saturated heterocycles. The SMILES string of the molecule is CCCCC1CCc2cc(-c3ccc(OC(=O)CCC)cc3)ccc2C1. The third-order valence-electron chi connectivity index (χ3n) is 5.38. The van der Waals surface area contributed by atoms with Crippen molar-refractivity contribution in [1.82, 2.24) is 0 Å². The molecule has 1 unspecified atom stereocenters. The van der Waals surface area contributed by atoms with Crippen molar-refractivity contribution in [3.8, 4) is 16.9 Å². The first kappa shape index (κ1) is 18.7. The molecule has 2 heteroatoms. The number of hydrogen-bond acceptors (Lipinski definition) is 2. The second kappa shape index (κ2) is 9.02. The Labute approximate surface area is 157 Å². The van der Waals surface area contributed by atoms with Crippen LogP contribution in [0.4, 0.5) is 0 Å². The quantitative estimate of drug-likeness (QED) is 0.429. The maximum Gasteiger partial charge on any atom is 0.311 e. The average Bonchev–Trinajstić information content (AvgIpc) is 2.66. The van der Waals surface area contributed by atoms with Crippen molar-refractivity contribution in [2.24, 2.45) is 5.92 Å². The summed E-state index contributed by atoms with van der Waals surface area (Å²) in [6.07, 6.45) is 9.06. The fourth-order valence-corrected chi connectivity index (χ4v) is 3.85. The van der Waals surface area contributed by atoms with Gasteiger partial charge >= 0.3 is 5.97 Å². The molecule has 3 rings (SSSR count). The Morgan fingerprint density at radius 2 is 1.77 bits per heavy atom. The van der Waals surface area contributed by atoms with E-state index in [9.17, 15) is 4.79 Å². The van der Waals surface area contributed by atoms with E-state index in [0.29, 0.717) is 12.2 Å². The largest absolute Gasteiger partial charge is 0.427 e. The Morgan fingerprint density at radius 1 is 1.00 bits per heavy atom. The lowest BCUT2D eigenvalue weighted by Crippen LogP contribution is -2.14. The second-order valence-corrected chi connectivity index (χ2v) is 7.48. The summed E-state index contributed by atoms with van der Waals surface area (Å²) in [4.78, 5) is 11.6. The van der Waals surface area contributed by atoms with Crippen LogP contribution in [0, 0.1) is 5.92 Å². The summed E-state index contributed by atoms with van der Waals surface area (Å²) in [7, 11) is 0. The van der Waals surface area contributed by atoms with Crippen molar-refractivity contribution < 1.29 is 9.53 Å². The van der Waals surface area contributed by atoms with E-state index < -0.39 is 0 Å². The summed E-state index contributed by atoms with van der Waals surface area (Å²) >= 11 is 0. The molecule has 0 radical (unpaired) electrons. The van der Waals surface area contributed by atoms with Crippen molar-refractivity contribution in [2.75, 3.05) is 0 Å². The molecule has 1 atom stereocenters. The Hall–Kier alpha value is -2.09. The minimum absolute atomic E-state index is 0.161. The van der Waals surface area contributed by atoms with Gasteiger partial charge in [0, 0.05) is 6.42 Å². The van der Waals surface area contributed by atoms with Crippen LogP contribution >= 0.6 is 0 Å². The molecule has 0 aromatic heterocycles. The number of hydrogen-bond donors (Lipinski definition) is 0. The van der Waals surface area contributed by atoms with Gasteiger partial charge in [0.15, 0.2) is 0 Å². The lowest BCUT2D eigenvalue weighted by atomic mass is 9.80. The average molecular weight is 351 g/mol. The number of ether oxygens (including phenoxy) is 1. The molecule has 0 N–H and O–H groups in total. The highest BCUT2D eigenvalue weighted by atomic mass is 16.5. The summed E-state index contributed by atoms with van der Waals surface area (Å²) in [5.41, 5.74) is 5.47. The molecule has 0 saturated carbocycles. The minimum atomic E-state index is -0.161. The molecule has 0 aliphatic heterocycles. The third-order valence-corrected chi connectivity index (χ3v) is 5.38. The lowest BCUT2D eigenvalue weighted by molar-refractivity contribution is -0.134. The van der Waals surface area contributed by atoms with E-state index in [4.69, 9.17) is 4.74 Å². The van der Waals surface area contributed by atoms with Crippen LogP contribution in [0.1, 0.15) is 63.5 Å². The Morgan fingerprint density at radius 3 is 2.50 bits per heavy atom. The van der Waals surface area contributed by atoms with Crippen LogP contribution in [0.15, 0.2) is 42.5 Å². The van der Waals surface area contributed by atoms with Gasteiger partial charge in [-0.05, 0) is 66.0 Å². The van der Waals surface area contributed by atoms with Gasteiger partial charge in [-0.15, -0.1) is 0 Å². The molecular weight excluding hydrogens is 320 g/mol. The van der Waals surface area contributed by atoms with E-state index in [1.54, 1.807) is 0 Å². The standard InChI is InChI=1S/C24H30O2/c1-3-5-7-18-8-9-22-17-21(11-10-20(22)16-18)19-12-14-23(15-13-19)26-24(25)6-4-2/h10-15,17-18H,3-9,16H2,1-2H3. The zero-order valence-corrected chi connectivity index (χ0v) is 16.1. The van der Waals surface area contributed by atoms with Crippen molar-refractivity contribution in [3.63, 3.8) is 0 Å². The van der Waals surface area contributed by atoms with Crippen LogP contribution in [0.3, 0.4) is 0 Å². The van der Waals surface area contributed by atoms with Crippen LogP contribution in [0.5, 0.6) is 5.75 Å². The molecule has 0 fully saturated rings. The van der Waals surface area contributed by atoms with Crippen LogP contribution in [0.2, 0.25) is 0 Å². The van der Waals surface area contributed by atoms with Gasteiger partial charge in [-0.3, -0.25) is 4.79 Å². The monoisotopic (exact) mass is 350 g/mol. The normalized spacial score (nSPS) is 16.2. The van der Waals surface area contributed by atoms with Crippen molar-refractivity contribution in [1.29, 1.82) is 0 Å². The van der Waals surface area contributed by atoms with Gasteiger partial charge in [0.25, 0.3) is 0 Å².